The molecule has 1 fully saturated rings. The third kappa shape index (κ3) is 2.69. The van der Waals surface area contributed by atoms with Crippen LogP contribution in [-0.4, -0.2) is 32.3 Å². The standard InChI is InChI=1S/C9H14N2OS/c1-2-9(13-5-1)11-6-8-7-12-4-3-10-8/h1-2,5,8,10-11H,3-4,6-7H2. The fourth-order valence-corrected chi connectivity index (χ4v) is 1.98. The molecule has 3 nitrogen and oxygen atoms in total. The van der Waals surface area contributed by atoms with Crippen LogP contribution < -0.4 is 10.6 Å². The molecule has 0 bridgehead atoms. The molecular weight excluding hydrogens is 184 g/mol. The smallest absolute Gasteiger partial charge is 0.0882 e. The lowest BCUT2D eigenvalue weighted by Crippen LogP contribution is -2.45. The van der Waals surface area contributed by atoms with Crippen LogP contribution in [0, 0.1) is 0 Å². The normalized spacial score (nSPS) is 22.9. The van der Waals surface area contributed by atoms with E-state index in [1.807, 2.05) is 0 Å². The Kier molecular flexibility index (Phi) is 3.18. The summed E-state index contributed by atoms with van der Waals surface area (Å²) in [6, 6.07) is 4.60. The zero-order valence-corrected chi connectivity index (χ0v) is 8.27. The molecule has 0 radical (unpaired) electrons. The first-order chi connectivity index (χ1) is 6.45. The summed E-state index contributed by atoms with van der Waals surface area (Å²) in [5, 5.41) is 10.1. The van der Waals surface area contributed by atoms with Gasteiger partial charge in [0.2, 0.25) is 0 Å². The van der Waals surface area contributed by atoms with E-state index >= 15 is 0 Å². The molecular formula is C9H14N2OS. The molecule has 4 heteroatoms. The van der Waals surface area contributed by atoms with Crippen molar-refractivity contribution in [2.24, 2.45) is 0 Å². The first-order valence-corrected chi connectivity index (χ1v) is 5.41. The van der Waals surface area contributed by atoms with Gasteiger partial charge in [-0.3, -0.25) is 0 Å². The molecule has 1 aromatic heterocycles. The van der Waals surface area contributed by atoms with Gasteiger partial charge < -0.3 is 15.4 Å². The van der Waals surface area contributed by atoms with Gasteiger partial charge in [-0.05, 0) is 17.5 Å². The van der Waals surface area contributed by atoms with E-state index in [1.165, 1.54) is 5.00 Å². The molecule has 1 aromatic rings. The number of rotatable bonds is 3. The van der Waals surface area contributed by atoms with Crippen LogP contribution in [0.1, 0.15) is 0 Å². The van der Waals surface area contributed by atoms with Gasteiger partial charge in [-0.1, -0.05) is 0 Å². The van der Waals surface area contributed by atoms with Gasteiger partial charge in [0.05, 0.1) is 18.2 Å². The van der Waals surface area contributed by atoms with Crippen LogP contribution >= 0.6 is 11.3 Å². The van der Waals surface area contributed by atoms with Crippen molar-refractivity contribution in [2.45, 2.75) is 6.04 Å². The zero-order chi connectivity index (χ0) is 8.93. The second-order valence-electron chi connectivity index (χ2n) is 3.08. The zero-order valence-electron chi connectivity index (χ0n) is 7.45. The molecule has 1 aliphatic rings. The third-order valence-corrected chi connectivity index (χ3v) is 2.87. The van der Waals surface area contributed by atoms with Crippen LogP contribution in [0.15, 0.2) is 17.5 Å². The number of morpholine rings is 1. The Morgan fingerprint density at radius 2 is 2.69 bits per heavy atom. The van der Waals surface area contributed by atoms with Gasteiger partial charge in [-0.2, -0.15) is 0 Å². The predicted molar refractivity (Wildman–Crippen MR) is 55.4 cm³/mol. The second kappa shape index (κ2) is 4.60. The van der Waals surface area contributed by atoms with Crippen molar-refractivity contribution in [2.75, 3.05) is 31.6 Å². The third-order valence-electron chi connectivity index (χ3n) is 2.04. The quantitative estimate of drug-likeness (QED) is 0.764. The number of anilines is 1. The van der Waals surface area contributed by atoms with Crippen LogP contribution in [0.5, 0.6) is 0 Å². The Balaban J connectivity index is 1.72. The summed E-state index contributed by atoms with van der Waals surface area (Å²) < 4.78 is 5.35. The van der Waals surface area contributed by atoms with Crippen molar-refractivity contribution in [3.05, 3.63) is 17.5 Å². The van der Waals surface area contributed by atoms with Gasteiger partial charge in [-0.15, -0.1) is 11.3 Å². The van der Waals surface area contributed by atoms with E-state index in [0.29, 0.717) is 6.04 Å². The molecule has 1 unspecified atom stereocenters. The van der Waals surface area contributed by atoms with E-state index < -0.39 is 0 Å². The van der Waals surface area contributed by atoms with Crippen LogP contribution in [0.3, 0.4) is 0 Å². The van der Waals surface area contributed by atoms with E-state index in [0.717, 1.165) is 26.3 Å². The molecule has 0 saturated carbocycles. The maximum absolute atomic E-state index is 5.35. The summed E-state index contributed by atoms with van der Waals surface area (Å²) in [5.41, 5.74) is 0. The van der Waals surface area contributed by atoms with E-state index in [1.54, 1.807) is 11.3 Å². The fourth-order valence-electron chi connectivity index (χ4n) is 1.35. The summed E-state index contributed by atoms with van der Waals surface area (Å²) in [4.78, 5) is 0. The molecule has 1 saturated heterocycles. The molecule has 2 N–H and O–H groups in total. The molecule has 2 rings (SSSR count). The Bertz CT molecular complexity index is 232. The second-order valence-corrected chi connectivity index (χ2v) is 4.03. The first-order valence-electron chi connectivity index (χ1n) is 4.53. The van der Waals surface area contributed by atoms with Crippen LogP contribution in [-0.2, 0) is 4.74 Å². The van der Waals surface area contributed by atoms with E-state index in [2.05, 4.69) is 28.1 Å². The van der Waals surface area contributed by atoms with Gasteiger partial charge in [0.1, 0.15) is 0 Å². The van der Waals surface area contributed by atoms with Crippen molar-refractivity contribution >= 4 is 16.3 Å². The molecule has 0 aromatic carbocycles. The van der Waals surface area contributed by atoms with Crippen LogP contribution in [0.2, 0.25) is 0 Å². The molecule has 0 amide bonds. The van der Waals surface area contributed by atoms with Crippen molar-refractivity contribution in [3.63, 3.8) is 0 Å². The summed E-state index contributed by atoms with van der Waals surface area (Å²) >= 11 is 1.73. The first kappa shape index (κ1) is 8.99. The number of nitrogens with one attached hydrogen (secondary N) is 2. The monoisotopic (exact) mass is 198 g/mol. The Morgan fingerprint density at radius 3 is 3.38 bits per heavy atom. The van der Waals surface area contributed by atoms with Gasteiger partial charge in [0, 0.05) is 19.1 Å². The van der Waals surface area contributed by atoms with E-state index in [9.17, 15) is 0 Å². The summed E-state index contributed by atoms with van der Waals surface area (Å²) in [6.07, 6.45) is 0. The van der Waals surface area contributed by atoms with Crippen LogP contribution in [0.4, 0.5) is 5.00 Å². The highest BCUT2D eigenvalue weighted by atomic mass is 32.1. The summed E-state index contributed by atoms with van der Waals surface area (Å²) in [6.45, 7) is 3.57. The molecule has 1 atom stereocenters. The topological polar surface area (TPSA) is 33.3 Å². The predicted octanol–water partition coefficient (Wildman–Crippen LogP) is 1.15. The Hall–Kier alpha value is -0.580. The lowest BCUT2D eigenvalue weighted by Gasteiger charge is -2.23. The highest BCUT2D eigenvalue weighted by Crippen LogP contribution is 2.14. The Morgan fingerprint density at radius 1 is 1.69 bits per heavy atom. The summed E-state index contributed by atoms with van der Waals surface area (Å²) in [7, 11) is 0. The average molecular weight is 198 g/mol. The number of hydrogen-bond acceptors (Lipinski definition) is 4. The van der Waals surface area contributed by atoms with Crippen molar-refractivity contribution in [3.8, 4) is 0 Å². The molecule has 72 valence electrons. The van der Waals surface area contributed by atoms with Crippen molar-refractivity contribution in [1.82, 2.24) is 5.32 Å². The lowest BCUT2D eigenvalue weighted by molar-refractivity contribution is 0.0807. The van der Waals surface area contributed by atoms with Crippen molar-refractivity contribution in [1.29, 1.82) is 0 Å². The maximum Gasteiger partial charge on any atom is 0.0882 e. The SMILES string of the molecule is c1csc(NCC2COCCN2)c1. The van der Waals surface area contributed by atoms with Gasteiger partial charge >= 0.3 is 0 Å². The highest BCUT2D eigenvalue weighted by Gasteiger charge is 2.11. The molecule has 2 heterocycles. The van der Waals surface area contributed by atoms with Gasteiger partial charge in [0.15, 0.2) is 0 Å². The fraction of sp³-hybridized carbons (Fsp3) is 0.556. The van der Waals surface area contributed by atoms with Gasteiger partial charge in [-0.25, -0.2) is 0 Å². The maximum atomic E-state index is 5.35. The average Bonchev–Trinajstić information content (AvgIpc) is 2.69. The Labute approximate surface area is 82.1 Å². The lowest BCUT2D eigenvalue weighted by atomic mass is 10.3. The highest BCUT2D eigenvalue weighted by molar-refractivity contribution is 7.14. The minimum Gasteiger partial charge on any atom is -0.378 e. The molecule has 1 aliphatic heterocycles. The van der Waals surface area contributed by atoms with Crippen LogP contribution in [0.25, 0.3) is 0 Å². The number of hydrogen-bond donors (Lipinski definition) is 2. The minimum absolute atomic E-state index is 0.454. The largest absolute Gasteiger partial charge is 0.378 e. The van der Waals surface area contributed by atoms with Gasteiger partial charge in [0.25, 0.3) is 0 Å². The minimum atomic E-state index is 0.454. The van der Waals surface area contributed by atoms with E-state index in [-0.39, 0.29) is 0 Å². The van der Waals surface area contributed by atoms with E-state index in [4.69, 9.17) is 4.74 Å². The number of ether oxygens (including phenoxy) is 1. The number of thiophene rings is 1. The van der Waals surface area contributed by atoms with Crippen molar-refractivity contribution < 1.29 is 4.74 Å². The summed E-state index contributed by atoms with van der Waals surface area (Å²) in [5.74, 6) is 0. The molecule has 0 spiro atoms. The molecule has 0 aliphatic carbocycles. The molecule has 13 heavy (non-hydrogen) atoms.